The maximum Gasteiger partial charge on any atom is 0.120 e. The van der Waals surface area contributed by atoms with E-state index in [1.807, 2.05) is 118 Å². The smallest absolute Gasteiger partial charge is 0.0988 e. The Kier molecular flexibility index (Phi) is 48.2. The molecule has 0 nitrogen and oxygen atoms in total. The minimum Gasteiger partial charge on any atom is -0.0988 e. The SMILES string of the molecule is S=C(I)SSSSSSSSSSSSSSSSSSSSSSSSSS. The van der Waals surface area contributed by atoms with Crippen molar-refractivity contribution in [1.82, 2.24) is 0 Å². The second-order valence-electron chi connectivity index (χ2n) is 1.96. The number of rotatable bonds is 24. The Morgan fingerprint density at radius 3 is 0.828 bits per heavy atom. The van der Waals surface area contributed by atoms with Crippen LogP contribution in [0.15, 0.2) is 0 Å². The predicted molar refractivity (Wildman–Crippen MR) is 225 cm³/mol. The molecule has 0 spiro atoms. The van der Waals surface area contributed by atoms with Gasteiger partial charge in [0.25, 0.3) is 0 Å². The molecule has 174 valence electrons. The summed E-state index contributed by atoms with van der Waals surface area (Å²) in [5.41, 5.74) is 0. The summed E-state index contributed by atoms with van der Waals surface area (Å²) in [5, 5.41) is 0. The summed E-state index contributed by atoms with van der Waals surface area (Å²) < 4.78 is 0.950. The number of hydrogen-bond acceptors (Lipinski definition) is 27. The van der Waals surface area contributed by atoms with Gasteiger partial charge in [0.2, 0.25) is 0 Å². The van der Waals surface area contributed by atoms with E-state index in [1.54, 1.807) is 119 Å². The van der Waals surface area contributed by atoms with Crippen LogP contribution >= 0.6 is 293 Å². The summed E-state index contributed by atoms with van der Waals surface area (Å²) >= 11 is 11.2. The van der Waals surface area contributed by atoms with Gasteiger partial charge in [-0.2, -0.15) is 0 Å². The molecule has 0 bridgehead atoms. The van der Waals surface area contributed by atoms with E-state index >= 15 is 0 Å². The van der Waals surface area contributed by atoms with Crippen LogP contribution in [-0.4, -0.2) is 2.20 Å². The number of thiocarbonyl (C=S) groups is 1. The molecular weight excluding hydrogens is 1000 g/mol. The molecular formula is CHIS27. The van der Waals surface area contributed by atoms with Gasteiger partial charge in [-0.25, -0.2) is 0 Å². The lowest BCUT2D eigenvalue weighted by atomic mass is 11.9. The molecule has 0 aromatic carbocycles. The molecule has 0 unspecified atom stereocenters. The van der Waals surface area contributed by atoms with Crippen LogP contribution in [-0.2, 0) is 0 Å². The highest BCUT2D eigenvalue weighted by Gasteiger charge is 2.01. The summed E-state index contributed by atoms with van der Waals surface area (Å²) in [6, 6.07) is 0. The highest BCUT2D eigenvalue weighted by Crippen LogP contribution is 2.66. The fraction of sp³-hybridized carbons (Fsp3) is 0. The zero-order valence-corrected chi connectivity index (χ0v) is 36.2. The van der Waals surface area contributed by atoms with Gasteiger partial charge in [0.1, 0.15) is 2.20 Å². The summed E-state index contributed by atoms with van der Waals surface area (Å²) in [7, 11) is 44.3. The van der Waals surface area contributed by atoms with Crippen molar-refractivity contribution in [3.63, 3.8) is 0 Å². The number of thiol groups is 1. The second kappa shape index (κ2) is 35.9. The normalized spacial score (nSPS) is 11.2. The number of hydrogen-bond donors (Lipinski definition) is 1. The minimum absolute atomic E-state index is 0.950. The van der Waals surface area contributed by atoms with E-state index in [-0.39, 0.29) is 0 Å². The standard InChI is InChI=1S/CHIS27/c2-1(3)5-7-9-11-13-15-17-19-21-23-25-27-29-28-26-24-22-20-18-16-14-12-10-8-6-4/h4H. The Hall–Kier alpha value is 9.92. The van der Waals surface area contributed by atoms with Gasteiger partial charge in [0.15, 0.2) is 0 Å². The third-order valence-electron chi connectivity index (χ3n) is 0.741. The molecule has 0 aromatic heterocycles. The largest absolute Gasteiger partial charge is 0.120 e. The topological polar surface area (TPSA) is 0 Å². The van der Waals surface area contributed by atoms with Crippen molar-refractivity contribution in [2.45, 2.75) is 0 Å². The van der Waals surface area contributed by atoms with Gasteiger partial charge >= 0.3 is 0 Å². The average Bonchev–Trinajstić information content (AvgIpc) is 2.71. The van der Waals surface area contributed by atoms with Crippen LogP contribution < -0.4 is 0 Å². The van der Waals surface area contributed by atoms with Crippen LogP contribution in [0.2, 0.25) is 0 Å². The summed E-state index contributed by atoms with van der Waals surface area (Å²) in [5.74, 6) is 0. The van der Waals surface area contributed by atoms with Gasteiger partial charge in [-0.15, -0.1) is 0 Å². The lowest BCUT2D eigenvalue weighted by Gasteiger charge is -1.99. The van der Waals surface area contributed by atoms with E-state index in [4.69, 9.17) is 12.2 Å². The molecule has 0 saturated carbocycles. The van der Waals surface area contributed by atoms with Gasteiger partial charge in [0.05, 0.1) is 0 Å². The van der Waals surface area contributed by atoms with Gasteiger partial charge in [-0.3, -0.25) is 0 Å². The Morgan fingerprint density at radius 1 is 0.414 bits per heavy atom. The van der Waals surface area contributed by atoms with Crippen molar-refractivity contribution in [2.75, 3.05) is 0 Å². The van der Waals surface area contributed by atoms with Crippen LogP contribution in [0, 0.1) is 0 Å². The summed E-state index contributed by atoms with van der Waals surface area (Å²) in [6.07, 6.45) is 0. The second-order valence-corrected chi connectivity index (χ2v) is 48.9. The molecule has 0 atom stereocenters. The van der Waals surface area contributed by atoms with Crippen molar-refractivity contribution < 1.29 is 0 Å². The maximum absolute atomic E-state index is 5.00. The van der Waals surface area contributed by atoms with Crippen LogP contribution in [0.4, 0.5) is 0 Å². The van der Waals surface area contributed by atoms with E-state index in [2.05, 4.69) is 34.3 Å². The molecule has 0 rings (SSSR count). The molecule has 0 heterocycles. The molecule has 0 aromatic rings. The lowest BCUT2D eigenvalue weighted by Crippen LogP contribution is -1.55. The van der Waals surface area contributed by atoms with Crippen LogP contribution in [0.3, 0.4) is 0 Å². The molecule has 29 heavy (non-hydrogen) atoms. The van der Waals surface area contributed by atoms with Crippen molar-refractivity contribution in [1.29, 1.82) is 0 Å². The summed E-state index contributed by atoms with van der Waals surface area (Å²) in [6.45, 7) is 0. The molecule has 0 aliphatic rings. The molecule has 0 amide bonds. The molecule has 0 aliphatic carbocycles. The van der Waals surface area contributed by atoms with Crippen LogP contribution in [0.1, 0.15) is 0 Å². The third-order valence-corrected chi connectivity index (χ3v) is 55.7. The zero-order valence-electron chi connectivity index (χ0n) is 11.9. The minimum atomic E-state index is 0.950. The predicted octanol–water partition coefficient (Wildman–Crippen LogP) is 17.8. The molecule has 0 aliphatic heterocycles. The summed E-state index contributed by atoms with van der Waals surface area (Å²) in [4.78, 5) is 0. The Balaban J connectivity index is 2.99. The average molecular weight is 1010 g/mol. The lowest BCUT2D eigenvalue weighted by molar-refractivity contribution is 4.40. The first kappa shape index (κ1) is 38.9. The molecule has 0 radical (unpaired) electrons. The van der Waals surface area contributed by atoms with Gasteiger partial charge in [0, 0.05) is 78.6 Å². The molecule has 0 saturated heterocycles. The van der Waals surface area contributed by atoms with E-state index in [9.17, 15) is 0 Å². The van der Waals surface area contributed by atoms with E-state index in [1.165, 1.54) is 9.83 Å². The van der Waals surface area contributed by atoms with E-state index < -0.39 is 0 Å². The Morgan fingerprint density at radius 2 is 0.621 bits per heavy atom. The fourth-order valence-corrected chi connectivity index (χ4v) is 65.5. The zero-order chi connectivity index (χ0) is 21.3. The van der Waals surface area contributed by atoms with Gasteiger partial charge < -0.3 is 0 Å². The molecule has 28 heteroatoms. The van der Waals surface area contributed by atoms with Gasteiger partial charge in [-0.05, 0) is 191 Å². The van der Waals surface area contributed by atoms with Crippen molar-refractivity contribution in [2.24, 2.45) is 0 Å². The van der Waals surface area contributed by atoms with E-state index in [0.717, 1.165) is 2.20 Å². The van der Waals surface area contributed by atoms with Crippen LogP contribution in [0.25, 0.3) is 0 Å². The molecule has 0 N–H and O–H groups in total. The fourth-order valence-electron chi connectivity index (χ4n) is 0.291. The maximum atomic E-state index is 5.00. The quantitative estimate of drug-likeness (QED) is 0.0243. The van der Waals surface area contributed by atoms with Crippen molar-refractivity contribution in [3.8, 4) is 0 Å². The van der Waals surface area contributed by atoms with Crippen LogP contribution in [0.5, 0.6) is 0 Å². The Labute approximate surface area is 288 Å². The molecule has 0 fully saturated rings. The van der Waals surface area contributed by atoms with Crippen molar-refractivity contribution >= 4 is 295 Å². The Bertz CT molecular complexity index is 316. The van der Waals surface area contributed by atoms with E-state index in [0.29, 0.717) is 0 Å². The number of halogens is 1. The third kappa shape index (κ3) is 37.9. The first-order chi connectivity index (χ1) is 14.3. The monoisotopic (exact) mass is 1000 g/mol. The first-order valence-corrected chi connectivity index (χ1v) is 40.1. The van der Waals surface area contributed by atoms with Crippen molar-refractivity contribution in [3.05, 3.63) is 0 Å². The highest BCUT2D eigenvalue weighted by molar-refractivity contribution is 14.1. The van der Waals surface area contributed by atoms with Gasteiger partial charge in [-0.1, -0.05) is 23.9 Å². The first-order valence-electron chi connectivity index (χ1n) is 4.78. The highest BCUT2D eigenvalue weighted by atomic mass is 127.